The van der Waals surface area contributed by atoms with Crippen molar-refractivity contribution in [2.75, 3.05) is 22.5 Å². The zero-order chi connectivity index (χ0) is 17.1. The standard InChI is InChI=1S/C19H27N5/c1-4-6-15-12-18(24-10-5-7-14(24)3)23-19(21-15)22-16-9-8-13(2)17(20)11-16/h8-9,11-12,14H,4-7,10,20H2,1-3H3,(H,21,22,23)/t14-/m1/s1. The molecule has 1 aliphatic heterocycles. The van der Waals surface area contributed by atoms with Crippen molar-refractivity contribution in [1.82, 2.24) is 9.97 Å². The Bertz CT molecular complexity index is 713. The molecule has 24 heavy (non-hydrogen) atoms. The van der Waals surface area contributed by atoms with Crippen LogP contribution >= 0.6 is 0 Å². The van der Waals surface area contributed by atoms with Crippen molar-refractivity contribution in [3.8, 4) is 0 Å². The number of aromatic nitrogens is 2. The number of nitrogens with one attached hydrogen (secondary N) is 1. The van der Waals surface area contributed by atoms with Crippen molar-refractivity contribution in [3.05, 3.63) is 35.5 Å². The van der Waals surface area contributed by atoms with E-state index in [4.69, 9.17) is 10.7 Å². The van der Waals surface area contributed by atoms with Crippen molar-refractivity contribution in [3.63, 3.8) is 0 Å². The van der Waals surface area contributed by atoms with Gasteiger partial charge in [-0.3, -0.25) is 0 Å². The molecule has 0 radical (unpaired) electrons. The normalized spacial score (nSPS) is 17.3. The summed E-state index contributed by atoms with van der Waals surface area (Å²) in [5.41, 5.74) is 9.87. The number of aryl methyl sites for hydroxylation is 2. The second-order valence-corrected chi connectivity index (χ2v) is 6.67. The predicted molar refractivity (Wildman–Crippen MR) is 101 cm³/mol. The second-order valence-electron chi connectivity index (χ2n) is 6.67. The zero-order valence-corrected chi connectivity index (χ0v) is 14.8. The van der Waals surface area contributed by atoms with Crippen molar-refractivity contribution in [2.45, 2.75) is 52.5 Å². The zero-order valence-electron chi connectivity index (χ0n) is 14.8. The molecule has 128 valence electrons. The summed E-state index contributed by atoms with van der Waals surface area (Å²) >= 11 is 0. The number of benzene rings is 1. The maximum absolute atomic E-state index is 6.01. The van der Waals surface area contributed by atoms with Crippen LogP contribution in [0.3, 0.4) is 0 Å². The molecule has 5 heteroatoms. The van der Waals surface area contributed by atoms with E-state index >= 15 is 0 Å². The average molecular weight is 325 g/mol. The lowest BCUT2D eigenvalue weighted by Crippen LogP contribution is -2.27. The summed E-state index contributed by atoms with van der Waals surface area (Å²) in [6.07, 6.45) is 4.49. The molecule has 1 aliphatic rings. The van der Waals surface area contributed by atoms with Crippen molar-refractivity contribution in [1.29, 1.82) is 0 Å². The molecule has 0 spiro atoms. The van der Waals surface area contributed by atoms with Crippen LogP contribution in [-0.4, -0.2) is 22.6 Å². The lowest BCUT2D eigenvalue weighted by molar-refractivity contribution is 0.724. The van der Waals surface area contributed by atoms with Gasteiger partial charge < -0.3 is 16.0 Å². The van der Waals surface area contributed by atoms with E-state index in [2.05, 4.69) is 35.1 Å². The molecule has 1 saturated heterocycles. The van der Waals surface area contributed by atoms with Gasteiger partial charge in [0.15, 0.2) is 0 Å². The van der Waals surface area contributed by atoms with Crippen LogP contribution in [0.4, 0.5) is 23.1 Å². The van der Waals surface area contributed by atoms with E-state index in [1.165, 1.54) is 12.8 Å². The number of rotatable bonds is 5. The van der Waals surface area contributed by atoms with Crippen molar-refractivity contribution >= 4 is 23.1 Å². The minimum Gasteiger partial charge on any atom is -0.398 e. The molecule has 5 nitrogen and oxygen atoms in total. The van der Waals surface area contributed by atoms with Gasteiger partial charge in [-0.2, -0.15) is 4.98 Å². The summed E-state index contributed by atoms with van der Waals surface area (Å²) < 4.78 is 0. The van der Waals surface area contributed by atoms with E-state index in [9.17, 15) is 0 Å². The lowest BCUT2D eigenvalue weighted by Gasteiger charge is -2.23. The minimum absolute atomic E-state index is 0.539. The fourth-order valence-electron chi connectivity index (χ4n) is 3.19. The van der Waals surface area contributed by atoms with E-state index in [-0.39, 0.29) is 0 Å². The third-order valence-electron chi connectivity index (χ3n) is 4.65. The first-order chi connectivity index (χ1) is 11.6. The fourth-order valence-corrected chi connectivity index (χ4v) is 3.19. The highest BCUT2D eigenvalue weighted by Gasteiger charge is 2.22. The van der Waals surface area contributed by atoms with Gasteiger partial charge in [-0.05, 0) is 50.8 Å². The van der Waals surface area contributed by atoms with Crippen LogP contribution in [0.2, 0.25) is 0 Å². The number of hydrogen-bond donors (Lipinski definition) is 2. The molecule has 1 fully saturated rings. The van der Waals surface area contributed by atoms with Crippen LogP contribution in [0.1, 0.15) is 44.4 Å². The van der Waals surface area contributed by atoms with Gasteiger partial charge in [0, 0.05) is 35.7 Å². The molecule has 1 aromatic carbocycles. The monoisotopic (exact) mass is 325 g/mol. The summed E-state index contributed by atoms with van der Waals surface area (Å²) in [6.45, 7) is 7.52. The average Bonchev–Trinajstić information content (AvgIpc) is 2.97. The fraction of sp³-hybridized carbons (Fsp3) is 0.474. The lowest BCUT2D eigenvalue weighted by atomic mass is 10.2. The number of anilines is 4. The van der Waals surface area contributed by atoms with Crippen LogP contribution in [0.25, 0.3) is 0 Å². The molecule has 0 amide bonds. The molecule has 1 aromatic heterocycles. The maximum atomic E-state index is 6.01. The summed E-state index contributed by atoms with van der Waals surface area (Å²) in [7, 11) is 0. The number of hydrogen-bond acceptors (Lipinski definition) is 5. The first-order valence-electron chi connectivity index (χ1n) is 8.84. The Morgan fingerprint density at radius 1 is 1.29 bits per heavy atom. The molecule has 2 heterocycles. The van der Waals surface area contributed by atoms with E-state index in [0.717, 1.165) is 47.8 Å². The van der Waals surface area contributed by atoms with Crippen LogP contribution in [0.15, 0.2) is 24.3 Å². The van der Waals surface area contributed by atoms with Crippen LogP contribution in [0.5, 0.6) is 0 Å². The third kappa shape index (κ3) is 3.61. The molecule has 0 unspecified atom stereocenters. The molecule has 2 aromatic rings. The molecule has 0 bridgehead atoms. The number of nitrogens with zero attached hydrogens (tertiary/aromatic N) is 3. The quantitative estimate of drug-likeness (QED) is 0.812. The smallest absolute Gasteiger partial charge is 0.229 e. The Morgan fingerprint density at radius 3 is 2.79 bits per heavy atom. The molecule has 1 atom stereocenters. The Balaban J connectivity index is 1.90. The van der Waals surface area contributed by atoms with Gasteiger partial charge in [-0.1, -0.05) is 19.4 Å². The summed E-state index contributed by atoms with van der Waals surface area (Å²) in [6, 6.07) is 8.64. The maximum Gasteiger partial charge on any atom is 0.229 e. The largest absolute Gasteiger partial charge is 0.398 e. The van der Waals surface area contributed by atoms with Crippen molar-refractivity contribution in [2.24, 2.45) is 0 Å². The van der Waals surface area contributed by atoms with Crippen LogP contribution in [-0.2, 0) is 6.42 Å². The Morgan fingerprint density at radius 2 is 2.12 bits per heavy atom. The number of nitrogen functional groups attached to an aromatic ring is 1. The van der Waals surface area contributed by atoms with E-state index in [1.54, 1.807) is 0 Å². The first kappa shape index (κ1) is 16.6. The Hall–Kier alpha value is -2.30. The highest BCUT2D eigenvalue weighted by Crippen LogP contribution is 2.26. The molecule has 3 rings (SSSR count). The van der Waals surface area contributed by atoms with E-state index in [0.29, 0.717) is 12.0 Å². The van der Waals surface area contributed by atoms with Gasteiger partial charge in [-0.25, -0.2) is 4.98 Å². The van der Waals surface area contributed by atoms with Gasteiger partial charge in [-0.15, -0.1) is 0 Å². The molecular weight excluding hydrogens is 298 g/mol. The SMILES string of the molecule is CCCc1cc(N2CCC[C@H]2C)nc(Nc2ccc(C)c(N)c2)n1. The van der Waals surface area contributed by atoms with E-state index in [1.807, 2.05) is 25.1 Å². The van der Waals surface area contributed by atoms with Gasteiger partial charge in [0.05, 0.1) is 0 Å². The summed E-state index contributed by atoms with van der Waals surface area (Å²) in [5, 5.41) is 3.32. The predicted octanol–water partition coefficient (Wildman–Crippen LogP) is 4.05. The topological polar surface area (TPSA) is 67.1 Å². The second kappa shape index (κ2) is 7.07. The van der Waals surface area contributed by atoms with Gasteiger partial charge in [0.1, 0.15) is 5.82 Å². The molecule has 0 saturated carbocycles. The molecular formula is C19H27N5. The van der Waals surface area contributed by atoms with Gasteiger partial charge in [0.2, 0.25) is 5.95 Å². The van der Waals surface area contributed by atoms with Crippen LogP contribution < -0.4 is 16.0 Å². The minimum atomic E-state index is 0.539. The van der Waals surface area contributed by atoms with Gasteiger partial charge in [0.25, 0.3) is 0 Å². The molecule has 0 aliphatic carbocycles. The summed E-state index contributed by atoms with van der Waals surface area (Å²) in [4.78, 5) is 11.8. The van der Waals surface area contributed by atoms with E-state index < -0.39 is 0 Å². The Kier molecular flexibility index (Phi) is 4.88. The van der Waals surface area contributed by atoms with Gasteiger partial charge >= 0.3 is 0 Å². The first-order valence-corrected chi connectivity index (χ1v) is 8.84. The highest BCUT2D eigenvalue weighted by atomic mass is 15.3. The molecule has 3 N–H and O–H groups in total. The summed E-state index contributed by atoms with van der Waals surface area (Å²) in [5.74, 6) is 1.68. The number of nitrogens with two attached hydrogens (primary N) is 1. The highest BCUT2D eigenvalue weighted by molar-refractivity contribution is 5.63. The third-order valence-corrected chi connectivity index (χ3v) is 4.65. The van der Waals surface area contributed by atoms with Crippen molar-refractivity contribution < 1.29 is 0 Å². The van der Waals surface area contributed by atoms with Crippen LogP contribution in [0, 0.1) is 6.92 Å². The Labute approximate surface area is 144 Å².